The zero-order valence-corrected chi connectivity index (χ0v) is 12.6. The van der Waals surface area contributed by atoms with Crippen LogP contribution in [0.15, 0.2) is 33.6 Å². The second-order valence-electron chi connectivity index (χ2n) is 4.44. The molecule has 1 aromatic rings. The van der Waals surface area contributed by atoms with Crippen molar-refractivity contribution in [3.05, 3.63) is 28.7 Å². The van der Waals surface area contributed by atoms with Crippen LogP contribution in [0.5, 0.6) is 0 Å². The third-order valence-electron chi connectivity index (χ3n) is 2.95. The highest BCUT2D eigenvalue weighted by molar-refractivity contribution is 9.10. The number of rotatable bonds is 3. The first-order chi connectivity index (χ1) is 8.56. The molecule has 1 aliphatic heterocycles. The minimum atomic E-state index is -0.348. The molecule has 5 heteroatoms. The van der Waals surface area contributed by atoms with Crippen LogP contribution in [0.2, 0.25) is 0 Å². The summed E-state index contributed by atoms with van der Waals surface area (Å²) < 4.78 is 1.04. The number of benzene rings is 1. The molecule has 0 radical (unpaired) electrons. The number of aliphatic hydroxyl groups is 1. The lowest BCUT2D eigenvalue weighted by molar-refractivity contribution is -0.129. The number of aliphatic hydroxyl groups excluding tert-OH is 1. The molecule has 1 N–H and O–H groups in total. The van der Waals surface area contributed by atoms with E-state index in [0.717, 1.165) is 9.37 Å². The van der Waals surface area contributed by atoms with Crippen LogP contribution in [0.3, 0.4) is 0 Å². The van der Waals surface area contributed by atoms with Crippen LogP contribution in [0.4, 0.5) is 0 Å². The van der Waals surface area contributed by atoms with Crippen LogP contribution in [0, 0.1) is 0 Å². The molecule has 0 aromatic heterocycles. The van der Waals surface area contributed by atoms with Crippen molar-refractivity contribution in [1.82, 2.24) is 4.90 Å². The SMILES string of the molecule is CC(Sc1ccc(Br)cc1)C(=O)N1CC[C@H](O)C1. The van der Waals surface area contributed by atoms with E-state index in [2.05, 4.69) is 15.9 Å². The Balaban J connectivity index is 1.93. The van der Waals surface area contributed by atoms with Gasteiger partial charge in [-0.3, -0.25) is 4.79 Å². The molecule has 2 atom stereocenters. The van der Waals surface area contributed by atoms with Gasteiger partial charge < -0.3 is 10.0 Å². The van der Waals surface area contributed by atoms with Gasteiger partial charge in [-0.05, 0) is 37.6 Å². The number of halogens is 1. The van der Waals surface area contributed by atoms with E-state index in [1.807, 2.05) is 31.2 Å². The van der Waals surface area contributed by atoms with E-state index in [-0.39, 0.29) is 17.3 Å². The van der Waals surface area contributed by atoms with E-state index in [9.17, 15) is 9.90 Å². The average Bonchev–Trinajstić information content (AvgIpc) is 2.78. The Labute approximate surface area is 120 Å². The summed E-state index contributed by atoms with van der Waals surface area (Å²) >= 11 is 4.94. The Morgan fingerprint density at radius 3 is 2.72 bits per heavy atom. The summed E-state index contributed by atoms with van der Waals surface area (Å²) in [6.07, 6.45) is 0.348. The van der Waals surface area contributed by atoms with Crippen molar-refractivity contribution in [1.29, 1.82) is 0 Å². The lowest BCUT2D eigenvalue weighted by Crippen LogP contribution is -2.35. The fraction of sp³-hybridized carbons (Fsp3) is 0.462. The number of nitrogens with zero attached hydrogens (tertiary/aromatic N) is 1. The summed E-state index contributed by atoms with van der Waals surface area (Å²) in [6.45, 7) is 3.06. The first-order valence-electron chi connectivity index (χ1n) is 5.95. The molecule has 0 spiro atoms. The summed E-state index contributed by atoms with van der Waals surface area (Å²) in [5, 5.41) is 9.33. The third kappa shape index (κ3) is 3.49. The van der Waals surface area contributed by atoms with Gasteiger partial charge in [-0.25, -0.2) is 0 Å². The van der Waals surface area contributed by atoms with Crippen molar-refractivity contribution >= 4 is 33.6 Å². The number of carbonyl (C=O) groups is 1. The van der Waals surface area contributed by atoms with E-state index in [1.165, 1.54) is 0 Å². The van der Waals surface area contributed by atoms with E-state index >= 15 is 0 Å². The zero-order chi connectivity index (χ0) is 13.1. The minimum Gasteiger partial charge on any atom is -0.391 e. The molecule has 1 aliphatic rings. The quantitative estimate of drug-likeness (QED) is 0.866. The van der Waals surface area contributed by atoms with Crippen molar-refractivity contribution in [2.24, 2.45) is 0 Å². The van der Waals surface area contributed by atoms with Gasteiger partial charge in [0.1, 0.15) is 0 Å². The highest BCUT2D eigenvalue weighted by Crippen LogP contribution is 2.26. The molecule has 0 saturated carbocycles. The fourth-order valence-electron chi connectivity index (χ4n) is 1.97. The molecular weight excluding hydrogens is 314 g/mol. The molecule has 98 valence electrons. The molecule has 1 saturated heterocycles. The topological polar surface area (TPSA) is 40.5 Å². The molecule has 2 rings (SSSR count). The number of amides is 1. The monoisotopic (exact) mass is 329 g/mol. The fourth-order valence-corrected chi connectivity index (χ4v) is 3.18. The van der Waals surface area contributed by atoms with Crippen LogP contribution in [0.1, 0.15) is 13.3 Å². The first-order valence-corrected chi connectivity index (χ1v) is 7.62. The summed E-state index contributed by atoms with van der Waals surface area (Å²) in [5.74, 6) is 0.111. The molecule has 1 unspecified atom stereocenters. The van der Waals surface area contributed by atoms with Crippen LogP contribution < -0.4 is 0 Å². The van der Waals surface area contributed by atoms with Crippen LogP contribution in [0.25, 0.3) is 0 Å². The van der Waals surface area contributed by atoms with Crippen molar-refractivity contribution in [2.75, 3.05) is 13.1 Å². The molecule has 1 amide bonds. The summed E-state index contributed by atoms with van der Waals surface area (Å²) in [4.78, 5) is 15.0. The van der Waals surface area contributed by atoms with Gasteiger partial charge >= 0.3 is 0 Å². The largest absolute Gasteiger partial charge is 0.391 e. The third-order valence-corrected chi connectivity index (χ3v) is 4.58. The standard InChI is InChI=1S/C13H16BrNO2S/c1-9(13(17)15-7-6-11(16)8-15)18-12-4-2-10(14)3-5-12/h2-5,9,11,16H,6-8H2,1H3/t9?,11-/m0/s1. The van der Waals surface area contributed by atoms with E-state index < -0.39 is 0 Å². The molecule has 1 aromatic carbocycles. The van der Waals surface area contributed by atoms with E-state index in [4.69, 9.17) is 0 Å². The zero-order valence-electron chi connectivity index (χ0n) is 10.2. The van der Waals surface area contributed by atoms with Crippen LogP contribution >= 0.6 is 27.7 Å². The highest BCUT2D eigenvalue weighted by atomic mass is 79.9. The Morgan fingerprint density at radius 2 is 2.17 bits per heavy atom. The van der Waals surface area contributed by atoms with Gasteiger partial charge in [0.2, 0.25) is 5.91 Å². The van der Waals surface area contributed by atoms with Crippen molar-refractivity contribution in [2.45, 2.75) is 29.6 Å². The average molecular weight is 330 g/mol. The van der Waals surface area contributed by atoms with Crippen LogP contribution in [-0.2, 0) is 4.79 Å². The first kappa shape index (κ1) is 13.9. The maximum atomic E-state index is 12.1. The summed E-state index contributed by atoms with van der Waals surface area (Å²) in [6, 6.07) is 7.94. The Kier molecular flexibility index (Phi) is 4.70. The number of β-amino-alcohol motifs (C(OH)–C–C–N with tert-alkyl or cyclic N) is 1. The Hall–Kier alpha value is -0.520. The van der Waals surface area contributed by atoms with E-state index in [1.54, 1.807) is 16.7 Å². The number of hydrogen-bond donors (Lipinski definition) is 1. The Bertz CT molecular complexity index is 424. The van der Waals surface area contributed by atoms with Gasteiger partial charge in [-0.15, -0.1) is 11.8 Å². The van der Waals surface area contributed by atoms with Gasteiger partial charge in [0, 0.05) is 22.5 Å². The maximum absolute atomic E-state index is 12.1. The second-order valence-corrected chi connectivity index (χ2v) is 6.77. The van der Waals surface area contributed by atoms with Gasteiger partial charge in [0.25, 0.3) is 0 Å². The van der Waals surface area contributed by atoms with Crippen molar-refractivity contribution in [3.63, 3.8) is 0 Å². The van der Waals surface area contributed by atoms with Gasteiger partial charge in [-0.2, -0.15) is 0 Å². The van der Waals surface area contributed by atoms with Gasteiger partial charge in [-0.1, -0.05) is 15.9 Å². The van der Waals surface area contributed by atoms with Crippen molar-refractivity contribution in [3.8, 4) is 0 Å². The normalized spacial score (nSPS) is 21.1. The molecule has 18 heavy (non-hydrogen) atoms. The summed E-state index contributed by atoms with van der Waals surface area (Å²) in [7, 11) is 0. The molecule has 0 aliphatic carbocycles. The number of hydrogen-bond acceptors (Lipinski definition) is 3. The lowest BCUT2D eigenvalue weighted by Gasteiger charge is -2.20. The van der Waals surface area contributed by atoms with Gasteiger partial charge in [0.05, 0.1) is 11.4 Å². The van der Waals surface area contributed by atoms with Gasteiger partial charge in [0.15, 0.2) is 0 Å². The molecule has 3 nitrogen and oxygen atoms in total. The number of carbonyl (C=O) groups excluding carboxylic acids is 1. The molecule has 1 fully saturated rings. The lowest BCUT2D eigenvalue weighted by atomic mass is 10.3. The minimum absolute atomic E-state index is 0.111. The number of thioether (sulfide) groups is 1. The molecule has 0 bridgehead atoms. The predicted molar refractivity (Wildman–Crippen MR) is 76.7 cm³/mol. The number of likely N-dealkylation sites (tertiary alicyclic amines) is 1. The van der Waals surface area contributed by atoms with Crippen LogP contribution in [-0.4, -0.2) is 40.4 Å². The second kappa shape index (κ2) is 6.08. The maximum Gasteiger partial charge on any atom is 0.235 e. The molecule has 1 heterocycles. The summed E-state index contributed by atoms with van der Waals surface area (Å²) in [5.41, 5.74) is 0. The van der Waals surface area contributed by atoms with Crippen molar-refractivity contribution < 1.29 is 9.90 Å². The Morgan fingerprint density at radius 1 is 1.50 bits per heavy atom. The van der Waals surface area contributed by atoms with E-state index in [0.29, 0.717) is 19.5 Å². The smallest absolute Gasteiger partial charge is 0.235 e. The predicted octanol–water partition coefficient (Wildman–Crippen LogP) is 2.52. The highest BCUT2D eigenvalue weighted by Gasteiger charge is 2.28. The molecular formula is C13H16BrNO2S.